The molecule has 0 aromatic carbocycles. The predicted molar refractivity (Wildman–Crippen MR) is 97.2 cm³/mol. The van der Waals surface area contributed by atoms with E-state index in [0.717, 1.165) is 0 Å². The number of amides is 3. The van der Waals surface area contributed by atoms with E-state index in [1.807, 2.05) is 6.07 Å². The molecule has 3 aliphatic rings. The van der Waals surface area contributed by atoms with E-state index in [1.165, 1.54) is 16.7 Å². The Hall–Kier alpha value is -2.00. The molecule has 1 unspecified atom stereocenters. The van der Waals surface area contributed by atoms with Crippen LogP contribution in [0.4, 0.5) is 13.2 Å². The highest BCUT2D eigenvalue weighted by molar-refractivity contribution is 8.00. The molecule has 3 fully saturated rings. The van der Waals surface area contributed by atoms with E-state index in [9.17, 15) is 32.8 Å². The molecule has 29 heavy (non-hydrogen) atoms. The van der Waals surface area contributed by atoms with Gasteiger partial charge < -0.3 is 15.5 Å². The first kappa shape index (κ1) is 21.7. The number of nitriles is 1. The number of nitrogens with zero attached hydrogens (tertiary/aromatic N) is 2. The first-order valence-electron chi connectivity index (χ1n) is 9.41. The van der Waals surface area contributed by atoms with Crippen molar-refractivity contribution in [2.24, 2.45) is 5.92 Å². The third kappa shape index (κ3) is 5.14. The van der Waals surface area contributed by atoms with E-state index in [0.29, 0.717) is 25.1 Å². The van der Waals surface area contributed by atoms with Gasteiger partial charge in [-0.25, -0.2) is 0 Å². The van der Waals surface area contributed by atoms with Crippen molar-refractivity contribution in [3.05, 3.63) is 0 Å². The fourth-order valence-corrected chi connectivity index (χ4v) is 5.32. The van der Waals surface area contributed by atoms with Crippen molar-refractivity contribution in [3.63, 3.8) is 0 Å². The molecule has 5 atom stereocenters. The van der Waals surface area contributed by atoms with Crippen molar-refractivity contribution < 1.29 is 27.6 Å². The fourth-order valence-electron chi connectivity index (χ4n) is 3.89. The number of carbonyl (C=O) groups excluding carboxylic acids is 3. The van der Waals surface area contributed by atoms with Crippen molar-refractivity contribution in [2.45, 2.75) is 55.4 Å². The predicted octanol–water partition coefficient (Wildman–Crippen LogP) is 0.105. The first-order chi connectivity index (χ1) is 13.7. The lowest BCUT2D eigenvalue weighted by atomic mass is 9.98. The number of hydrogen-bond donors (Lipinski definition) is 3. The summed E-state index contributed by atoms with van der Waals surface area (Å²) in [6.45, 7) is -0.739. The van der Waals surface area contributed by atoms with Crippen molar-refractivity contribution >= 4 is 29.5 Å². The zero-order valence-corrected chi connectivity index (χ0v) is 16.3. The van der Waals surface area contributed by atoms with Crippen LogP contribution in [0.1, 0.15) is 25.7 Å². The van der Waals surface area contributed by atoms with Crippen LogP contribution in [0.25, 0.3) is 0 Å². The van der Waals surface area contributed by atoms with Crippen LogP contribution < -0.4 is 16.0 Å². The zero-order valence-electron chi connectivity index (χ0n) is 15.5. The van der Waals surface area contributed by atoms with E-state index in [4.69, 9.17) is 0 Å². The number of nitrogens with one attached hydrogen (secondary N) is 3. The van der Waals surface area contributed by atoms with Gasteiger partial charge in [-0.1, -0.05) is 0 Å². The Morgan fingerprint density at radius 1 is 1.34 bits per heavy atom. The summed E-state index contributed by atoms with van der Waals surface area (Å²) in [7, 11) is 0. The van der Waals surface area contributed by atoms with Gasteiger partial charge in [0, 0.05) is 18.2 Å². The van der Waals surface area contributed by atoms with Crippen LogP contribution in [0.2, 0.25) is 0 Å². The monoisotopic (exact) mass is 433 g/mol. The highest BCUT2D eigenvalue weighted by Gasteiger charge is 2.47. The summed E-state index contributed by atoms with van der Waals surface area (Å²) in [5.74, 6) is -1.23. The number of alkyl halides is 3. The van der Waals surface area contributed by atoms with Crippen molar-refractivity contribution in [1.82, 2.24) is 20.9 Å². The molecular formula is C17H22F3N5O3S. The number of piperidine rings is 1. The Balaban J connectivity index is 1.60. The van der Waals surface area contributed by atoms with Gasteiger partial charge in [-0.2, -0.15) is 18.4 Å². The van der Waals surface area contributed by atoms with E-state index in [-0.39, 0.29) is 30.0 Å². The van der Waals surface area contributed by atoms with Crippen LogP contribution in [0.15, 0.2) is 0 Å². The van der Waals surface area contributed by atoms with Crippen molar-refractivity contribution in [3.8, 4) is 6.07 Å². The van der Waals surface area contributed by atoms with Crippen LogP contribution in [0.3, 0.4) is 0 Å². The molecule has 160 valence electrons. The lowest BCUT2D eigenvalue weighted by Gasteiger charge is -2.37. The van der Waals surface area contributed by atoms with Crippen LogP contribution in [-0.4, -0.2) is 71.1 Å². The quantitative estimate of drug-likeness (QED) is 0.548. The van der Waals surface area contributed by atoms with Gasteiger partial charge in [0.2, 0.25) is 17.7 Å². The summed E-state index contributed by atoms with van der Waals surface area (Å²) < 4.78 is 37.4. The van der Waals surface area contributed by atoms with Gasteiger partial charge >= 0.3 is 6.18 Å². The van der Waals surface area contributed by atoms with Gasteiger partial charge in [0.05, 0.1) is 24.0 Å². The SMILES string of the molecule is N#C[C@H](C[C@@H]1CCNC1=O)NC(=O)C1CS[C@H]2CC[C@H](NCC(F)(F)F)C(=O)N12. The molecule has 8 nitrogen and oxygen atoms in total. The number of fused-ring (bicyclic) bond motifs is 1. The largest absolute Gasteiger partial charge is 0.401 e. The Bertz CT molecular complexity index is 713. The van der Waals surface area contributed by atoms with Gasteiger partial charge in [0.1, 0.15) is 12.1 Å². The third-order valence-electron chi connectivity index (χ3n) is 5.35. The highest BCUT2D eigenvalue weighted by atomic mass is 32.2. The molecule has 0 aromatic rings. The molecule has 0 saturated carbocycles. The maximum Gasteiger partial charge on any atom is 0.401 e. The summed E-state index contributed by atoms with van der Waals surface area (Å²) in [5, 5.41) is 16.6. The van der Waals surface area contributed by atoms with Gasteiger partial charge in [0.15, 0.2) is 0 Å². The van der Waals surface area contributed by atoms with Gasteiger partial charge in [-0.15, -0.1) is 11.8 Å². The summed E-state index contributed by atoms with van der Waals surface area (Å²) in [4.78, 5) is 38.5. The third-order valence-corrected chi connectivity index (χ3v) is 6.71. The Morgan fingerprint density at radius 2 is 2.10 bits per heavy atom. The fraction of sp³-hybridized carbons (Fsp3) is 0.765. The molecule has 0 radical (unpaired) electrons. The van der Waals surface area contributed by atoms with Crippen molar-refractivity contribution in [2.75, 3.05) is 18.8 Å². The molecule has 3 heterocycles. The minimum atomic E-state index is -4.43. The standard InChI is InChI=1S/C17H22F3N5O3S/c18-17(19,20)8-23-11-1-2-13-25(16(11)28)12(7-29-13)15(27)24-10(6-21)5-9-3-4-22-14(9)26/h9-13,23H,1-5,7-8H2,(H,22,26)(H,24,27)/t9-,10-,11-,12?,13-/m0/s1. The van der Waals surface area contributed by atoms with Crippen LogP contribution in [0.5, 0.6) is 0 Å². The molecule has 0 aliphatic carbocycles. The number of hydrogen-bond acceptors (Lipinski definition) is 6. The molecule has 0 bridgehead atoms. The number of thioether (sulfide) groups is 1. The molecule has 3 amide bonds. The van der Waals surface area contributed by atoms with Crippen molar-refractivity contribution in [1.29, 1.82) is 5.26 Å². The molecule has 0 spiro atoms. The lowest BCUT2D eigenvalue weighted by molar-refractivity contribution is -0.147. The average Bonchev–Trinajstić information content (AvgIpc) is 3.26. The second-order valence-electron chi connectivity index (χ2n) is 7.38. The summed E-state index contributed by atoms with van der Waals surface area (Å²) in [6, 6.07) is -0.738. The second kappa shape index (κ2) is 8.79. The molecule has 3 N–H and O–H groups in total. The average molecular weight is 433 g/mol. The molecule has 0 aromatic heterocycles. The topological polar surface area (TPSA) is 114 Å². The van der Waals surface area contributed by atoms with Gasteiger partial charge in [-0.05, 0) is 25.7 Å². The Kier molecular flexibility index (Phi) is 6.58. The number of rotatable bonds is 6. The number of halogens is 3. The highest BCUT2D eigenvalue weighted by Crippen LogP contribution is 2.36. The zero-order chi connectivity index (χ0) is 21.2. The smallest absolute Gasteiger partial charge is 0.356 e. The molecular weight excluding hydrogens is 411 g/mol. The number of carbonyl (C=O) groups is 3. The summed E-state index contributed by atoms with van der Waals surface area (Å²) >= 11 is 1.41. The maximum absolute atomic E-state index is 12.7. The van der Waals surface area contributed by atoms with E-state index in [2.05, 4.69) is 16.0 Å². The lowest BCUT2D eigenvalue weighted by Crippen LogP contribution is -2.59. The normalized spacial score (nSPS) is 30.5. The molecule has 12 heteroatoms. The summed E-state index contributed by atoms with van der Waals surface area (Å²) in [5.41, 5.74) is 0. The van der Waals surface area contributed by atoms with Crippen LogP contribution in [0, 0.1) is 17.2 Å². The second-order valence-corrected chi connectivity index (χ2v) is 8.59. The summed E-state index contributed by atoms with van der Waals surface area (Å²) in [6.07, 6.45) is -2.90. The minimum Gasteiger partial charge on any atom is -0.356 e. The van der Waals surface area contributed by atoms with E-state index < -0.39 is 42.7 Å². The molecule has 3 aliphatic heterocycles. The maximum atomic E-state index is 12.7. The Morgan fingerprint density at radius 3 is 2.72 bits per heavy atom. The Labute approximate surface area is 169 Å². The minimum absolute atomic E-state index is 0.152. The van der Waals surface area contributed by atoms with E-state index >= 15 is 0 Å². The van der Waals surface area contributed by atoms with Crippen LogP contribution in [-0.2, 0) is 14.4 Å². The van der Waals surface area contributed by atoms with Gasteiger partial charge in [0.25, 0.3) is 0 Å². The van der Waals surface area contributed by atoms with Gasteiger partial charge in [-0.3, -0.25) is 19.7 Å². The first-order valence-corrected chi connectivity index (χ1v) is 10.5. The molecule has 3 saturated heterocycles. The van der Waals surface area contributed by atoms with E-state index in [1.54, 1.807) is 0 Å². The molecule has 3 rings (SSSR count). The van der Waals surface area contributed by atoms with Crippen LogP contribution >= 0.6 is 11.8 Å².